The van der Waals surface area contributed by atoms with Crippen molar-refractivity contribution in [3.63, 3.8) is 0 Å². The van der Waals surface area contributed by atoms with Crippen LogP contribution >= 0.6 is 35.0 Å². The van der Waals surface area contributed by atoms with Crippen LogP contribution in [0.15, 0.2) is 42.5 Å². The molecule has 0 aliphatic rings. The maximum Gasteiger partial charge on any atom is 0.242 e. The molecule has 4 nitrogen and oxygen atoms in total. The summed E-state index contributed by atoms with van der Waals surface area (Å²) in [6.45, 7) is 5.36. The van der Waals surface area contributed by atoms with Crippen LogP contribution in [-0.4, -0.2) is 34.6 Å². The van der Waals surface area contributed by atoms with Crippen LogP contribution in [0.25, 0.3) is 0 Å². The molecule has 1 N–H and O–H groups in total. The molecule has 2 aromatic rings. The van der Waals surface area contributed by atoms with Gasteiger partial charge in [-0.15, -0.1) is 11.8 Å². The van der Waals surface area contributed by atoms with E-state index in [1.165, 1.54) is 22.7 Å². The van der Waals surface area contributed by atoms with E-state index in [2.05, 4.69) is 5.32 Å². The molecule has 0 aliphatic carbocycles. The molecule has 0 bridgehead atoms. The maximum absolute atomic E-state index is 14.2. The van der Waals surface area contributed by atoms with Crippen molar-refractivity contribution in [1.29, 1.82) is 0 Å². The van der Waals surface area contributed by atoms with Gasteiger partial charge in [-0.05, 0) is 44.5 Å². The van der Waals surface area contributed by atoms with Gasteiger partial charge in [0, 0.05) is 33.9 Å². The lowest BCUT2D eigenvalue weighted by Crippen LogP contribution is -2.49. The van der Waals surface area contributed by atoms with Crippen molar-refractivity contribution < 1.29 is 14.0 Å². The predicted molar refractivity (Wildman–Crippen MR) is 122 cm³/mol. The van der Waals surface area contributed by atoms with Crippen molar-refractivity contribution in [2.24, 2.45) is 0 Å². The quantitative estimate of drug-likeness (QED) is 0.540. The number of nitrogens with one attached hydrogen (secondary N) is 1. The van der Waals surface area contributed by atoms with Crippen LogP contribution in [0.2, 0.25) is 10.0 Å². The SMILES string of the molecule is CC(C)NC(=O)[C@@H](C)N(Cc1ccccc1F)C(=O)CSCc1ccc(Cl)cc1Cl. The molecule has 0 fully saturated rings. The fourth-order valence-corrected chi connectivity index (χ4v) is 4.24. The summed E-state index contributed by atoms with van der Waals surface area (Å²) >= 11 is 13.5. The summed E-state index contributed by atoms with van der Waals surface area (Å²) in [5.41, 5.74) is 1.23. The molecule has 0 aliphatic heterocycles. The van der Waals surface area contributed by atoms with E-state index in [0.717, 1.165) is 5.56 Å². The molecule has 0 unspecified atom stereocenters. The fourth-order valence-electron chi connectivity index (χ4n) is 2.77. The van der Waals surface area contributed by atoms with Gasteiger partial charge in [-0.3, -0.25) is 9.59 Å². The molecule has 0 saturated carbocycles. The van der Waals surface area contributed by atoms with Gasteiger partial charge in [-0.1, -0.05) is 47.5 Å². The summed E-state index contributed by atoms with van der Waals surface area (Å²) in [7, 11) is 0. The van der Waals surface area contributed by atoms with E-state index in [-0.39, 0.29) is 30.2 Å². The summed E-state index contributed by atoms with van der Waals surface area (Å²) in [6.07, 6.45) is 0. The zero-order valence-corrected chi connectivity index (χ0v) is 19.5. The number of halogens is 3. The lowest BCUT2D eigenvalue weighted by Gasteiger charge is -2.29. The normalized spacial score (nSPS) is 12.0. The number of rotatable bonds is 9. The Morgan fingerprint density at radius 2 is 1.80 bits per heavy atom. The largest absolute Gasteiger partial charge is 0.352 e. The van der Waals surface area contributed by atoms with Crippen LogP contribution in [-0.2, 0) is 21.9 Å². The van der Waals surface area contributed by atoms with E-state index in [4.69, 9.17) is 23.2 Å². The second-order valence-corrected chi connectivity index (χ2v) is 9.01. The molecule has 2 rings (SSSR count). The second-order valence-electron chi connectivity index (χ2n) is 7.18. The molecule has 0 aromatic heterocycles. The smallest absolute Gasteiger partial charge is 0.242 e. The van der Waals surface area contributed by atoms with Gasteiger partial charge in [-0.25, -0.2) is 4.39 Å². The number of hydrogen-bond acceptors (Lipinski definition) is 3. The maximum atomic E-state index is 14.2. The topological polar surface area (TPSA) is 49.4 Å². The molecule has 0 heterocycles. The molecule has 2 amide bonds. The first-order chi connectivity index (χ1) is 14.2. The van der Waals surface area contributed by atoms with Gasteiger partial charge in [-0.2, -0.15) is 0 Å². The van der Waals surface area contributed by atoms with Crippen molar-refractivity contribution in [2.45, 2.75) is 45.2 Å². The van der Waals surface area contributed by atoms with E-state index in [0.29, 0.717) is 21.4 Å². The highest BCUT2D eigenvalue weighted by Crippen LogP contribution is 2.25. The fraction of sp³-hybridized carbons (Fsp3) is 0.364. The average molecular weight is 471 g/mol. The first-order valence-electron chi connectivity index (χ1n) is 9.54. The second kappa shape index (κ2) is 11.6. The Morgan fingerprint density at radius 1 is 1.10 bits per heavy atom. The third-order valence-corrected chi connectivity index (χ3v) is 5.95. The van der Waals surface area contributed by atoms with Crippen molar-refractivity contribution in [1.82, 2.24) is 10.2 Å². The summed E-state index contributed by atoms with van der Waals surface area (Å²) < 4.78 is 14.2. The van der Waals surface area contributed by atoms with Crippen LogP contribution in [0.4, 0.5) is 4.39 Å². The Kier molecular flexibility index (Phi) is 9.46. The van der Waals surface area contributed by atoms with Crippen molar-refractivity contribution in [2.75, 3.05) is 5.75 Å². The molecule has 0 spiro atoms. The standard InChI is InChI=1S/C22H25Cl2FN2O2S/c1-14(2)26-22(29)15(3)27(11-16-6-4-5-7-20(16)25)21(28)13-30-12-17-8-9-18(23)10-19(17)24/h4-10,14-15H,11-13H2,1-3H3,(H,26,29)/t15-/m1/s1. The molecular formula is C22H25Cl2FN2O2S. The van der Waals surface area contributed by atoms with Crippen LogP contribution in [0, 0.1) is 5.82 Å². The number of amides is 2. The average Bonchev–Trinajstić information content (AvgIpc) is 2.68. The van der Waals surface area contributed by atoms with E-state index in [1.54, 1.807) is 37.3 Å². The molecule has 0 radical (unpaired) electrons. The molecule has 162 valence electrons. The van der Waals surface area contributed by atoms with Gasteiger partial charge < -0.3 is 10.2 Å². The Bertz CT molecular complexity index is 895. The van der Waals surface area contributed by atoms with Gasteiger partial charge in [0.15, 0.2) is 0 Å². The van der Waals surface area contributed by atoms with E-state index >= 15 is 0 Å². The first-order valence-corrected chi connectivity index (χ1v) is 11.4. The number of carbonyl (C=O) groups is 2. The predicted octanol–water partition coefficient (Wildman–Crippen LogP) is 5.31. The highest BCUT2D eigenvalue weighted by molar-refractivity contribution is 7.99. The van der Waals surface area contributed by atoms with Crippen LogP contribution < -0.4 is 5.32 Å². The van der Waals surface area contributed by atoms with E-state index in [9.17, 15) is 14.0 Å². The minimum Gasteiger partial charge on any atom is -0.352 e. The van der Waals surface area contributed by atoms with Crippen molar-refractivity contribution in [3.05, 3.63) is 69.5 Å². The molecule has 30 heavy (non-hydrogen) atoms. The highest BCUT2D eigenvalue weighted by atomic mass is 35.5. The molecule has 1 atom stereocenters. The first kappa shape index (κ1) is 24.5. The lowest BCUT2D eigenvalue weighted by molar-refractivity contribution is -0.138. The van der Waals surface area contributed by atoms with Gasteiger partial charge in [0.05, 0.1) is 5.75 Å². The Balaban J connectivity index is 2.10. The van der Waals surface area contributed by atoms with Gasteiger partial charge in [0.1, 0.15) is 11.9 Å². The van der Waals surface area contributed by atoms with Crippen LogP contribution in [0.3, 0.4) is 0 Å². The Morgan fingerprint density at radius 3 is 2.43 bits per heavy atom. The zero-order valence-electron chi connectivity index (χ0n) is 17.1. The number of nitrogens with zero attached hydrogens (tertiary/aromatic N) is 1. The molecule has 2 aromatic carbocycles. The summed E-state index contributed by atoms with van der Waals surface area (Å²) in [4.78, 5) is 26.9. The van der Waals surface area contributed by atoms with Gasteiger partial charge in [0.2, 0.25) is 11.8 Å². The third kappa shape index (κ3) is 7.18. The highest BCUT2D eigenvalue weighted by Gasteiger charge is 2.27. The van der Waals surface area contributed by atoms with Crippen molar-refractivity contribution in [3.8, 4) is 0 Å². The van der Waals surface area contributed by atoms with Gasteiger partial charge in [0.25, 0.3) is 0 Å². The Labute approximate surface area is 191 Å². The Hall–Kier alpha value is -1.76. The number of thioether (sulfide) groups is 1. The monoisotopic (exact) mass is 470 g/mol. The van der Waals surface area contributed by atoms with E-state index in [1.807, 2.05) is 19.9 Å². The summed E-state index contributed by atoms with van der Waals surface area (Å²) in [5.74, 6) is -0.290. The zero-order chi connectivity index (χ0) is 22.3. The van der Waals surface area contributed by atoms with Gasteiger partial charge >= 0.3 is 0 Å². The summed E-state index contributed by atoms with van der Waals surface area (Å²) in [5, 5.41) is 3.89. The summed E-state index contributed by atoms with van der Waals surface area (Å²) in [6, 6.07) is 10.7. The minimum atomic E-state index is -0.737. The van der Waals surface area contributed by atoms with Crippen molar-refractivity contribution >= 4 is 46.8 Å². The lowest BCUT2D eigenvalue weighted by atomic mass is 10.1. The van der Waals surface area contributed by atoms with E-state index < -0.39 is 11.9 Å². The third-order valence-electron chi connectivity index (χ3n) is 4.39. The van der Waals surface area contributed by atoms with Crippen LogP contribution in [0.1, 0.15) is 31.9 Å². The van der Waals surface area contributed by atoms with Crippen LogP contribution in [0.5, 0.6) is 0 Å². The molecule has 8 heteroatoms. The minimum absolute atomic E-state index is 0.0143. The molecule has 0 saturated heterocycles. The number of benzene rings is 2. The molecular weight excluding hydrogens is 446 g/mol. The number of hydrogen-bond donors (Lipinski definition) is 1. The number of carbonyl (C=O) groups excluding carboxylic acids is 2.